The maximum absolute atomic E-state index is 12.8. The zero-order chi connectivity index (χ0) is 16.4. The molecule has 0 amide bonds. The van der Waals surface area contributed by atoms with E-state index in [1.807, 2.05) is 6.07 Å². The van der Waals surface area contributed by atoms with E-state index in [0.29, 0.717) is 10.9 Å². The monoisotopic (exact) mass is 372 g/mol. The number of benzene rings is 1. The van der Waals surface area contributed by atoms with E-state index in [9.17, 15) is 8.42 Å². The first-order valence-electron chi connectivity index (χ1n) is 8.75. The second-order valence-corrected chi connectivity index (χ2v) is 9.17. The summed E-state index contributed by atoms with van der Waals surface area (Å²) in [6.45, 7) is 4.68. The summed E-state index contributed by atoms with van der Waals surface area (Å²) in [6, 6.07) is 9.47. The fourth-order valence-electron chi connectivity index (χ4n) is 3.95. The summed E-state index contributed by atoms with van der Waals surface area (Å²) in [6.07, 6.45) is 5.61. The first-order valence-corrected chi connectivity index (χ1v) is 10.2. The Kier molecular flexibility index (Phi) is 6.71. The number of nitrogens with zero attached hydrogens (tertiary/aromatic N) is 2. The first-order chi connectivity index (χ1) is 11.0. The molecule has 6 heteroatoms. The smallest absolute Gasteiger partial charge is 0.243 e. The first kappa shape index (κ1) is 19.7. The van der Waals surface area contributed by atoms with Gasteiger partial charge < -0.3 is 4.90 Å². The lowest BCUT2D eigenvalue weighted by atomic mass is 9.97. The Hall–Kier alpha value is -0.620. The Labute approximate surface area is 152 Å². The number of hydrogen-bond acceptors (Lipinski definition) is 3. The van der Waals surface area contributed by atoms with Crippen LogP contribution in [0.5, 0.6) is 0 Å². The van der Waals surface area contributed by atoms with Crippen molar-refractivity contribution in [2.75, 3.05) is 20.1 Å². The molecule has 2 atom stereocenters. The van der Waals surface area contributed by atoms with Crippen LogP contribution in [0.2, 0.25) is 0 Å². The van der Waals surface area contributed by atoms with Crippen LogP contribution in [0, 0.1) is 5.92 Å². The van der Waals surface area contributed by atoms with Crippen molar-refractivity contribution < 1.29 is 8.42 Å². The summed E-state index contributed by atoms with van der Waals surface area (Å²) in [5, 5.41) is 0. The fraction of sp³-hybridized carbons (Fsp3) is 0.667. The highest BCUT2D eigenvalue weighted by atomic mass is 35.5. The number of hydrogen-bond donors (Lipinski definition) is 0. The molecular formula is C18H29ClN2O2S. The van der Waals surface area contributed by atoms with E-state index in [1.54, 1.807) is 35.6 Å². The molecule has 3 rings (SSSR count). The van der Waals surface area contributed by atoms with Crippen molar-refractivity contribution in [3.8, 4) is 0 Å². The van der Waals surface area contributed by atoms with Crippen LogP contribution in [-0.4, -0.2) is 49.8 Å². The molecule has 2 fully saturated rings. The van der Waals surface area contributed by atoms with Crippen molar-refractivity contribution in [2.45, 2.75) is 56.0 Å². The highest BCUT2D eigenvalue weighted by Crippen LogP contribution is 2.32. The highest BCUT2D eigenvalue weighted by molar-refractivity contribution is 7.89. The van der Waals surface area contributed by atoms with Crippen molar-refractivity contribution in [2.24, 2.45) is 5.92 Å². The molecular weight excluding hydrogens is 344 g/mol. The number of piperidine rings is 1. The van der Waals surface area contributed by atoms with E-state index < -0.39 is 10.0 Å². The second-order valence-electron chi connectivity index (χ2n) is 7.17. The number of halogens is 1. The molecule has 4 nitrogen and oxygen atoms in total. The number of rotatable bonds is 4. The SMILES string of the molecule is CC1CCN([C@@H]2CC[C@H](N(C)S(=O)(=O)c3ccccc3)C2)CC1.Cl. The third kappa shape index (κ3) is 4.13. The number of sulfonamides is 1. The van der Waals surface area contributed by atoms with Gasteiger partial charge in [-0.1, -0.05) is 25.1 Å². The van der Waals surface area contributed by atoms with Crippen molar-refractivity contribution >= 4 is 22.4 Å². The fourth-order valence-corrected chi connectivity index (χ4v) is 5.36. The molecule has 1 saturated heterocycles. The van der Waals surface area contributed by atoms with Gasteiger partial charge in [0.05, 0.1) is 4.90 Å². The standard InChI is InChI=1S/C18H28N2O2S.ClH/c1-15-10-12-20(13-11-15)17-9-8-16(14-17)19(2)23(21,22)18-6-4-3-5-7-18;/h3-7,15-17H,8-14H2,1-2H3;1H/t16-,17+;/m0./s1. The maximum Gasteiger partial charge on any atom is 0.243 e. The molecule has 1 aromatic carbocycles. The Morgan fingerprint density at radius 3 is 2.29 bits per heavy atom. The molecule has 2 aliphatic rings. The predicted octanol–water partition coefficient (Wildman–Crippen LogP) is 3.38. The zero-order valence-corrected chi connectivity index (χ0v) is 16.2. The Balaban J connectivity index is 0.00000208. The molecule has 24 heavy (non-hydrogen) atoms. The van der Waals surface area contributed by atoms with Crippen LogP contribution in [0.15, 0.2) is 35.2 Å². The van der Waals surface area contributed by atoms with Gasteiger partial charge >= 0.3 is 0 Å². The summed E-state index contributed by atoms with van der Waals surface area (Å²) in [4.78, 5) is 2.99. The van der Waals surface area contributed by atoms with Gasteiger partial charge in [-0.3, -0.25) is 0 Å². The summed E-state index contributed by atoms with van der Waals surface area (Å²) in [5.74, 6) is 0.838. The molecule has 1 saturated carbocycles. The van der Waals surface area contributed by atoms with Crippen LogP contribution in [0.1, 0.15) is 39.0 Å². The zero-order valence-electron chi connectivity index (χ0n) is 14.6. The summed E-state index contributed by atoms with van der Waals surface area (Å²) >= 11 is 0. The highest BCUT2D eigenvalue weighted by Gasteiger charge is 2.36. The minimum Gasteiger partial charge on any atom is -0.300 e. The largest absolute Gasteiger partial charge is 0.300 e. The van der Waals surface area contributed by atoms with Gasteiger partial charge in [0, 0.05) is 19.1 Å². The summed E-state index contributed by atoms with van der Waals surface area (Å²) in [5.41, 5.74) is 0. The molecule has 0 radical (unpaired) electrons. The average molecular weight is 373 g/mol. The van der Waals surface area contributed by atoms with E-state index in [1.165, 1.54) is 25.9 Å². The van der Waals surface area contributed by atoms with Gasteiger partial charge in [0.25, 0.3) is 0 Å². The van der Waals surface area contributed by atoms with E-state index in [-0.39, 0.29) is 18.4 Å². The van der Waals surface area contributed by atoms with Gasteiger partial charge in [0.2, 0.25) is 10.0 Å². The van der Waals surface area contributed by atoms with Crippen molar-refractivity contribution in [3.63, 3.8) is 0 Å². The molecule has 0 spiro atoms. The van der Waals surface area contributed by atoms with Crippen LogP contribution in [-0.2, 0) is 10.0 Å². The Morgan fingerprint density at radius 2 is 1.67 bits per heavy atom. The van der Waals surface area contributed by atoms with Gasteiger partial charge in [-0.25, -0.2) is 8.42 Å². The molecule has 0 bridgehead atoms. The third-order valence-electron chi connectivity index (χ3n) is 5.65. The lowest BCUT2D eigenvalue weighted by Gasteiger charge is -2.35. The van der Waals surface area contributed by atoms with E-state index >= 15 is 0 Å². The van der Waals surface area contributed by atoms with E-state index in [2.05, 4.69) is 11.8 Å². The second kappa shape index (κ2) is 8.17. The molecule has 0 unspecified atom stereocenters. The lowest BCUT2D eigenvalue weighted by molar-refractivity contribution is 0.136. The van der Waals surface area contributed by atoms with Gasteiger partial charge in [0.1, 0.15) is 0 Å². The normalized spacial score (nSPS) is 26.5. The molecule has 1 aliphatic heterocycles. The molecule has 0 N–H and O–H groups in total. The van der Waals surface area contributed by atoms with Gasteiger partial charge in [0.15, 0.2) is 0 Å². The molecule has 1 heterocycles. The van der Waals surface area contributed by atoms with Crippen molar-refractivity contribution in [1.82, 2.24) is 9.21 Å². The minimum absolute atomic E-state index is 0. The molecule has 1 aromatic rings. The van der Waals surface area contributed by atoms with Gasteiger partial charge in [-0.05, 0) is 63.2 Å². The number of likely N-dealkylation sites (tertiary alicyclic amines) is 1. The topological polar surface area (TPSA) is 40.6 Å². The third-order valence-corrected chi connectivity index (χ3v) is 7.57. The molecule has 1 aliphatic carbocycles. The van der Waals surface area contributed by atoms with Gasteiger partial charge in [-0.15, -0.1) is 12.4 Å². The quantitative estimate of drug-likeness (QED) is 0.813. The summed E-state index contributed by atoms with van der Waals surface area (Å²) in [7, 11) is -1.63. The Bertz CT molecular complexity index is 615. The minimum atomic E-state index is -3.37. The molecule has 0 aromatic heterocycles. The van der Waals surface area contributed by atoms with E-state index in [4.69, 9.17) is 0 Å². The predicted molar refractivity (Wildman–Crippen MR) is 100 cm³/mol. The lowest BCUT2D eigenvalue weighted by Crippen LogP contribution is -2.41. The Morgan fingerprint density at radius 1 is 1.04 bits per heavy atom. The van der Waals surface area contributed by atoms with Crippen LogP contribution < -0.4 is 0 Å². The van der Waals surface area contributed by atoms with Crippen LogP contribution in [0.25, 0.3) is 0 Å². The van der Waals surface area contributed by atoms with E-state index in [0.717, 1.165) is 25.2 Å². The van der Waals surface area contributed by atoms with Crippen molar-refractivity contribution in [3.05, 3.63) is 30.3 Å². The van der Waals surface area contributed by atoms with Crippen LogP contribution >= 0.6 is 12.4 Å². The van der Waals surface area contributed by atoms with Gasteiger partial charge in [-0.2, -0.15) is 4.31 Å². The van der Waals surface area contributed by atoms with Crippen molar-refractivity contribution in [1.29, 1.82) is 0 Å². The van der Waals surface area contributed by atoms with Crippen LogP contribution in [0.3, 0.4) is 0 Å². The maximum atomic E-state index is 12.8. The average Bonchev–Trinajstić information content (AvgIpc) is 3.05. The summed E-state index contributed by atoms with van der Waals surface area (Å²) < 4.78 is 27.1. The van der Waals surface area contributed by atoms with Crippen LogP contribution in [0.4, 0.5) is 0 Å². The molecule has 136 valence electrons.